The van der Waals surface area contributed by atoms with Crippen LogP contribution in [0.2, 0.25) is 0 Å². The number of nitrogens with zero attached hydrogens (tertiary/aromatic N) is 2. The lowest BCUT2D eigenvalue weighted by Gasteiger charge is -2.27. The van der Waals surface area contributed by atoms with Gasteiger partial charge in [0.25, 0.3) is 32.1 Å². The second-order valence-electron chi connectivity index (χ2n) is 15.8. The van der Waals surface area contributed by atoms with Crippen LogP contribution in [0.1, 0.15) is 43.4 Å². The molecule has 8 rings (SSSR count). The van der Waals surface area contributed by atoms with Gasteiger partial charge in [0.05, 0.1) is 39.0 Å². The Hall–Kier alpha value is -6.72. The Morgan fingerprint density at radius 2 is 0.917 bits per heavy atom. The van der Waals surface area contributed by atoms with Gasteiger partial charge in [-0.3, -0.25) is 18.7 Å². The summed E-state index contributed by atoms with van der Waals surface area (Å²) in [5.74, 6) is -1.07. The first-order valence-corrected chi connectivity index (χ1v) is 27.3. The minimum Gasteiger partial charge on any atom is -0.484 e. The molecule has 2 aliphatic heterocycles. The molecule has 72 heavy (non-hydrogen) atoms. The minimum atomic E-state index is -5.05. The van der Waals surface area contributed by atoms with Gasteiger partial charge in [-0.1, -0.05) is 24.3 Å². The number of anilines is 2. The highest BCUT2D eigenvalue weighted by atomic mass is 32.2. The van der Waals surface area contributed by atoms with Gasteiger partial charge in [-0.25, -0.2) is 16.8 Å². The normalized spacial score (nSPS) is 15.3. The van der Waals surface area contributed by atoms with Crippen LogP contribution in [-0.4, -0.2) is 116 Å². The lowest BCUT2D eigenvalue weighted by atomic mass is 10.1. The third-order valence-corrected chi connectivity index (χ3v) is 16.7. The molecule has 2 fully saturated rings. The van der Waals surface area contributed by atoms with Crippen LogP contribution in [0.15, 0.2) is 138 Å². The maximum Gasteiger partial charge on any atom is 0.295 e. The predicted octanol–water partition coefficient (Wildman–Crippen LogP) is 5.24. The number of carbonyl (C=O) groups is 2. The molecular weight excluding hydrogens is 1020 g/mol. The second kappa shape index (κ2) is 21.6. The minimum absolute atomic E-state index is 0.0479. The van der Waals surface area contributed by atoms with Crippen LogP contribution in [0.4, 0.5) is 11.4 Å². The van der Waals surface area contributed by atoms with Gasteiger partial charge in [0.15, 0.2) is 0 Å². The van der Waals surface area contributed by atoms with Gasteiger partial charge in [0, 0.05) is 48.7 Å². The molecular formula is C46H44N4O18S4. The largest absolute Gasteiger partial charge is 0.484 e. The number of benzene rings is 4. The summed E-state index contributed by atoms with van der Waals surface area (Å²) >= 11 is 0. The Bertz CT molecular complexity index is 3230. The Labute approximate surface area is 413 Å². The molecule has 22 nitrogen and oxygen atoms in total. The van der Waals surface area contributed by atoms with Crippen molar-refractivity contribution in [1.29, 1.82) is 0 Å². The first-order chi connectivity index (χ1) is 34.3. The molecule has 26 heteroatoms. The van der Waals surface area contributed by atoms with Crippen LogP contribution >= 0.6 is 0 Å². The number of carbonyl (C=O) groups excluding carboxylic acids is 2. The van der Waals surface area contributed by atoms with Crippen LogP contribution in [0.3, 0.4) is 0 Å². The summed E-state index contributed by atoms with van der Waals surface area (Å²) < 4.78 is 162. The molecule has 2 amide bonds. The van der Waals surface area contributed by atoms with Gasteiger partial charge in [-0.2, -0.15) is 25.4 Å². The zero-order chi connectivity index (χ0) is 51.3. The first kappa shape index (κ1) is 51.6. The van der Waals surface area contributed by atoms with E-state index in [2.05, 4.69) is 10.6 Å². The molecule has 0 spiro atoms. The molecule has 6 aromatic rings. The number of amides is 2. The summed E-state index contributed by atoms with van der Waals surface area (Å²) in [7, 11) is -18.5. The van der Waals surface area contributed by atoms with E-state index in [-0.39, 0.29) is 121 Å². The summed E-state index contributed by atoms with van der Waals surface area (Å²) in [4.78, 5) is 25.1. The molecule has 2 aliphatic rings. The summed E-state index contributed by atoms with van der Waals surface area (Å²) in [5, 5.41) is 4.98. The zero-order valence-corrected chi connectivity index (χ0v) is 40.8. The Kier molecular flexibility index (Phi) is 15.5. The Morgan fingerprint density at radius 1 is 0.528 bits per heavy atom. The van der Waals surface area contributed by atoms with Crippen molar-refractivity contribution in [2.45, 2.75) is 32.8 Å². The molecule has 2 saturated heterocycles. The summed E-state index contributed by atoms with van der Waals surface area (Å²) in [6.07, 6.45) is 5.05. The molecule has 0 atom stereocenters. The van der Waals surface area contributed by atoms with Crippen molar-refractivity contribution in [3.63, 3.8) is 0 Å². The van der Waals surface area contributed by atoms with Crippen LogP contribution in [0.25, 0.3) is 12.2 Å². The van der Waals surface area contributed by atoms with Crippen molar-refractivity contribution in [3.05, 3.63) is 143 Å². The van der Waals surface area contributed by atoms with E-state index in [0.717, 1.165) is 36.4 Å². The van der Waals surface area contributed by atoms with Crippen molar-refractivity contribution in [2.75, 3.05) is 63.2 Å². The van der Waals surface area contributed by atoms with E-state index in [0.29, 0.717) is 11.5 Å². The molecule has 4 N–H and O–H groups in total. The highest BCUT2D eigenvalue weighted by Crippen LogP contribution is 2.33. The second-order valence-corrected chi connectivity index (χ2v) is 22.4. The maximum absolute atomic E-state index is 13.8. The third-order valence-electron chi connectivity index (χ3n) is 11.0. The van der Waals surface area contributed by atoms with E-state index < -0.39 is 61.9 Å². The fourth-order valence-corrected chi connectivity index (χ4v) is 12.0. The Morgan fingerprint density at radius 3 is 1.26 bits per heavy atom. The van der Waals surface area contributed by atoms with Gasteiger partial charge in [0.1, 0.15) is 55.8 Å². The average molecular weight is 1070 g/mol. The highest BCUT2D eigenvalue weighted by Gasteiger charge is 2.32. The molecule has 0 bridgehead atoms. The van der Waals surface area contributed by atoms with E-state index in [4.69, 9.17) is 27.8 Å². The van der Waals surface area contributed by atoms with Crippen LogP contribution in [0, 0.1) is 0 Å². The summed E-state index contributed by atoms with van der Waals surface area (Å²) in [6.45, 7) is 0.534. The van der Waals surface area contributed by atoms with Crippen molar-refractivity contribution in [2.24, 2.45) is 0 Å². The number of hydrogen-bond donors (Lipinski definition) is 4. The van der Waals surface area contributed by atoms with Gasteiger partial charge < -0.3 is 38.4 Å². The van der Waals surface area contributed by atoms with E-state index in [1.807, 2.05) is 0 Å². The smallest absolute Gasteiger partial charge is 0.295 e. The van der Waals surface area contributed by atoms with Gasteiger partial charge in [0.2, 0.25) is 20.0 Å². The lowest BCUT2D eigenvalue weighted by molar-refractivity contribution is 0.0729. The van der Waals surface area contributed by atoms with Crippen LogP contribution < -0.4 is 20.1 Å². The third kappa shape index (κ3) is 12.1. The van der Waals surface area contributed by atoms with Crippen molar-refractivity contribution in [1.82, 2.24) is 8.61 Å². The SMILES string of the molecule is O=C(Nc1ccc(/C=C/c2ccc(NC(=O)c3ccc(OCc4ccco4)c(S(=O)(=O)N4CCOCC4)c3)cc2S(=O)(=O)O)c(S(=O)(=O)O)c1)c1ccc(OCc2ccco2)c(S(=O)(=O)N2CCOCC2)c1. The molecule has 380 valence electrons. The standard InChI is InChI=1S/C46H44N4O18S4/c51-45(33-9-13-39(67-29-37-3-1-19-65-37)43(25-33)69(53,54)49-15-21-63-22-16-49)47-35-11-7-31(41(27-35)71(57,58)59)5-6-32-8-12-36(28-42(32)72(60,61)62)48-46(52)34-10-14-40(68-30-38-4-2-20-66-38)44(26-34)70(55,56)50-17-23-64-24-18-50/h1-14,19-20,25-28H,15-18,21-24,29-30H2,(H,47,51)(H,48,52)(H,57,58,59)(H,60,61,62)/b6-5+. The van der Waals surface area contributed by atoms with Crippen molar-refractivity contribution < 1.29 is 80.1 Å². The molecule has 0 saturated carbocycles. The topological polar surface area (TPSA) is 305 Å². The lowest BCUT2D eigenvalue weighted by Crippen LogP contribution is -2.40. The number of rotatable bonds is 18. The zero-order valence-electron chi connectivity index (χ0n) is 37.6. The van der Waals surface area contributed by atoms with Crippen molar-refractivity contribution >= 4 is 75.6 Å². The number of morpholine rings is 2. The molecule has 4 aromatic carbocycles. The number of sulfonamides is 2. The summed E-state index contributed by atoms with van der Waals surface area (Å²) in [5.41, 5.74) is -1.03. The monoisotopic (exact) mass is 1070 g/mol. The van der Waals surface area contributed by atoms with E-state index in [1.165, 1.54) is 69.7 Å². The van der Waals surface area contributed by atoms with Gasteiger partial charge >= 0.3 is 0 Å². The number of nitrogens with one attached hydrogen (secondary N) is 2. The fraction of sp³-hybridized carbons (Fsp3) is 0.217. The molecule has 0 radical (unpaired) electrons. The van der Waals surface area contributed by atoms with Gasteiger partial charge in [-0.15, -0.1) is 0 Å². The van der Waals surface area contributed by atoms with E-state index in [1.54, 1.807) is 24.3 Å². The Balaban J connectivity index is 1.02. The van der Waals surface area contributed by atoms with Gasteiger partial charge in [-0.05, 0) is 96.1 Å². The predicted molar refractivity (Wildman–Crippen MR) is 255 cm³/mol. The number of hydrogen-bond acceptors (Lipinski definition) is 16. The van der Waals surface area contributed by atoms with E-state index >= 15 is 0 Å². The maximum atomic E-state index is 13.8. The van der Waals surface area contributed by atoms with Crippen LogP contribution in [0.5, 0.6) is 11.5 Å². The molecule has 4 heterocycles. The average Bonchev–Trinajstić information content (AvgIpc) is 4.10. The fourth-order valence-electron chi connectivity index (χ4n) is 7.41. The highest BCUT2D eigenvalue weighted by molar-refractivity contribution is 7.89. The first-order valence-electron chi connectivity index (χ1n) is 21.6. The molecule has 0 unspecified atom stereocenters. The van der Waals surface area contributed by atoms with E-state index in [9.17, 15) is 52.4 Å². The van der Waals surface area contributed by atoms with Crippen molar-refractivity contribution in [3.8, 4) is 11.5 Å². The molecule has 0 aliphatic carbocycles. The van der Waals surface area contributed by atoms with Crippen LogP contribution in [-0.2, 0) is 63.0 Å². The quantitative estimate of drug-likeness (QED) is 0.0632. The summed E-state index contributed by atoms with van der Waals surface area (Å²) in [6, 6.07) is 20.6. The number of furan rings is 2. The molecule has 2 aromatic heterocycles. The number of ether oxygens (including phenoxy) is 4.